The van der Waals surface area contributed by atoms with E-state index < -0.39 is 5.54 Å². The molecule has 0 aliphatic carbocycles. The van der Waals surface area contributed by atoms with Gasteiger partial charge >= 0.3 is 5.97 Å². The summed E-state index contributed by atoms with van der Waals surface area (Å²) in [6, 6.07) is 0. The van der Waals surface area contributed by atoms with Crippen molar-refractivity contribution in [2.45, 2.75) is 32.5 Å². The zero-order chi connectivity index (χ0) is 7.07. The molecule has 0 saturated carbocycles. The van der Waals surface area contributed by atoms with E-state index in [0.29, 0.717) is 0 Å². The van der Waals surface area contributed by atoms with Crippen LogP contribution >= 0.6 is 0 Å². The number of rotatable bonds is 0. The fraction of sp³-hybridized carbons (Fsp3) is 0.833. The van der Waals surface area contributed by atoms with Gasteiger partial charge in [-0.3, -0.25) is 10.1 Å². The summed E-state index contributed by atoms with van der Waals surface area (Å²) in [5, 5.41) is 2.97. The highest BCUT2D eigenvalue weighted by atomic mass is 16.6. The molecule has 3 nitrogen and oxygen atoms in total. The number of carbonyl (C=O) groups excluding carboxylic acids is 1. The fourth-order valence-corrected chi connectivity index (χ4v) is 0.904. The monoisotopic (exact) mass is 129 g/mol. The highest BCUT2D eigenvalue weighted by Gasteiger charge is 2.38. The van der Waals surface area contributed by atoms with Gasteiger partial charge in [0.25, 0.3) is 0 Å². The summed E-state index contributed by atoms with van der Waals surface area (Å²) in [6.07, 6.45) is -0.132. The number of carbonyl (C=O) groups is 1. The molecular weight excluding hydrogens is 118 g/mol. The molecule has 1 rings (SSSR count). The van der Waals surface area contributed by atoms with Gasteiger partial charge in [0.05, 0.1) is 0 Å². The molecule has 1 N–H and O–H groups in total. The summed E-state index contributed by atoms with van der Waals surface area (Å²) in [4.78, 5) is 10.8. The minimum atomic E-state index is -0.487. The molecule has 0 amide bonds. The molecule has 0 bridgehead atoms. The van der Waals surface area contributed by atoms with Gasteiger partial charge in [-0.25, -0.2) is 0 Å². The summed E-state index contributed by atoms with van der Waals surface area (Å²) >= 11 is 0. The van der Waals surface area contributed by atoms with E-state index in [-0.39, 0.29) is 12.2 Å². The number of nitrogens with one attached hydrogen (secondary N) is 1. The van der Waals surface area contributed by atoms with E-state index >= 15 is 0 Å². The Hall–Kier alpha value is -0.570. The standard InChI is InChI=1S/C6H11NO2/c1-4-7-6(2,3)5(8)9-4/h4,7H,1-3H3. The van der Waals surface area contributed by atoms with Gasteiger partial charge in [-0.05, 0) is 20.8 Å². The predicted octanol–water partition coefficient (Wildman–Crippen LogP) is 0.257. The van der Waals surface area contributed by atoms with Gasteiger partial charge < -0.3 is 4.74 Å². The third-order valence-electron chi connectivity index (χ3n) is 1.36. The van der Waals surface area contributed by atoms with Crippen molar-refractivity contribution >= 4 is 5.97 Å². The van der Waals surface area contributed by atoms with Crippen LogP contribution in [0.2, 0.25) is 0 Å². The van der Waals surface area contributed by atoms with Crippen molar-refractivity contribution in [3.05, 3.63) is 0 Å². The predicted molar refractivity (Wildman–Crippen MR) is 32.8 cm³/mol. The Morgan fingerprint density at radius 2 is 2.22 bits per heavy atom. The molecular formula is C6H11NO2. The van der Waals surface area contributed by atoms with Gasteiger partial charge in [0.1, 0.15) is 5.54 Å². The largest absolute Gasteiger partial charge is 0.445 e. The minimum Gasteiger partial charge on any atom is -0.445 e. The van der Waals surface area contributed by atoms with Crippen molar-refractivity contribution < 1.29 is 9.53 Å². The summed E-state index contributed by atoms with van der Waals surface area (Å²) in [7, 11) is 0. The van der Waals surface area contributed by atoms with Crippen LogP contribution in [0.1, 0.15) is 20.8 Å². The van der Waals surface area contributed by atoms with Gasteiger partial charge in [-0.15, -0.1) is 0 Å². The van der Waals surface area contributed by atoms with E-state index in [9.17, 15) is 4.79 Å². The average Bonchev–Trinajstić information content (AvgIpc) is 1.79. The first-order valence-corrected chi connectivity index (χ1v) is 3.01. The fourth-order valence-electron chi connectivity index (χ4n) is 0.904. The van der Waals surface area contributed by atoms with Crippen LogP contribution in [-0.4, -0.2) is 17.7 Å². The van der Waals surface area contributed by atoms with Crippen molar-refractivity contribution in [1.29, 1.82) is 0 Å². The average molecular weight is 129 g/mol. The molecule has 9 heavy (non-hydrogen) atoms. The number of hydrogen-bond donors (Lipinski definition) is 1. The number of ether oxygens (including phenoxy) is 1. The van der Waals surface area contributed by atoms with Crippen LogP contribution in [0.25, 0.3) is 0 Å². The lowest BCUT2D eigenvalue weighted by Gasteiger charge is -2.10. The van der Waals surface area contributed by atoms with Crippen LogP contribution in [0.5, 0.6) is 0 Å². The maximum Gasteiger partial charge on any atom is 0.327 e. The van der Waals surface area contributed by atoms with Gasteiger partial charge in [0, 0.05) is 0 Å². The van der Waals surface area contributed by atoms with Crippen LogP contribution in [-0.2, 0) is 9.53 Å². The summed E-state index contributed by atoms with van der Waals surface area (Å²) in [6.45, 7) is 5.42. The molecule has 1 fully saturated rings. The Kier molecular flexibility index (Phi) is 1.24. The van der Waals surface area contributed by atoms with Crippen LogP contribution < -0.4 is 5.32 Å². The third kappa shape index (κ3) is 1.05. The van der Waals surface area contributed by atoms with E-state index in [4.69, 9.17) is 4.74 Å². The van der Waals surface area contributed by atoms with Crippen LogP contribution in [0.4, 0.5) is 0 Å². The Morgan fingerprint density at radius 1 is 1.67 bits per heavy atom. The quantitative estimate of drug-likeness (QED) is 0.477. The molecule has 1 aliphatic rings. The zero-order valence-electron chi connectivity index (χ0n) is 5.89. The first-order chi connectivity index (χ1) is 4.02. The number of esters is 1. The molecule has 0 spiro atoms. The van der Waals surface area contributed by atoms with Gasteiger partial charge in [0.2, 0.25) is 0 Å². The summed E-state index contributed by atoms with van der Waals surface area (Å²) in [5.74, 6) is -0.171. The summed E-state index contributed by atoms with van der Waals surface area (Å²) < 4.78 is 4.83. The van der Waals surface area contributed by atoms with E-state index in [1.807, 2.05) is 6.92 Å². The van der Waals surface area contributed by atoms with Crippen molar-refractivity contribution in [2.24, 2.45) is 0 Å². The number of cyclic esters (lactones) is 1. The zero-order valence-corrected chi connectivity index (χ0v) is 5.89. The molecule has 0 aromatic carbocycles. The second-order valence-electron chi connectivity index (χ2n) is 2.82. The summed E-state index contributed by atoms with van der Waals surface area (Å²) in [5.41, 5.74) is -0.487. The molecule has 3 heteroatoms. The molecule has 0 aromatic heterocycles. The topological polar surface area (TPSA) is 38.3 Å². The lowest BCUT2D eigenvalue weighted by molar-refractivity contribution is -0.144. The van der Waals surface area contributed by atoms with E-state index in [1.54, 1.807) is 13.8 Å². The van der Waals surface area contributed by atoms with Gasteiger partial charge in [-0.2, -0.15) is 0 Å². The van der Waals surface area contributed by atoms with Crippen LogP contribution in [0.3, 0.4) is 0 Å². The molecule has 1 aliphatic heterocycles. The molecule has 52 valence electrons. The smallest absolute Gasteiger partial charge is 0.327 e. The molecule has 0 aromatic rings. The van der Waals surface area contributed by atoms with Crippen LogP contribution in [0, 0.1) is 0 Å². The molecule has 1 atom stereocenters. The van der Waals surface area contributed by atoms with Crippen LogP contribution in [0.15, 0.2) is 0 Å². The second kappa shape index (κ2) is 1.70. The number of hydrogen-bond acceptors (Lipinski definition) is 3. The Balaban J connectivity index is 2.70. The van der Waals surface area contributed by atoms with Gasteiger partial charge in [-0.1, -0.05) is 0 Å². The third-order valence-corrected chi connectivity index (χ3v) is 1.36. The lowest BCUT2D eigenvalue weighted by Crippen LogP contribution is -2.40. The Labute approximate surface area is 54.4 Å². The van der Waals surface area contributed by atoms with Crippen molar-refractivity contribution in [2.75, 3.05) is 0 Å². The Bertz CT molecular complexity index is 142. The van der Waals surface area contributed by atoms with E-state index in [1.165, 1.54) is 0 Å². The Morgan fingerprint density at radius 3 is 2.33 bits per heavy atom. The maximum absolute atomic E-state index is 10.8. The minimum absolute atomic E-state index is 0.132. The van der Waals surface area contributed by atoms with E-state index in [2.05, 4.69) is 5.32 Å². The normalized spacial score (nSPS) is 32.3. The SMILES string of the molecule is CC1NC(C)(C)C(=O)O1. The highest BCUT2D eigenvalue weighted by molar-refractivity contribution is 5.81. The first-order valence-electron chi connectivity index (χ1n) is 3.01. The molecule has 0 radical (unpaired) electrons. The lowest BCUT2D eigenvalue weighted by atomic mass is 10.1. The molecule has 1 heterocycles. The highest BCUT2D eigenvalue weighted by Crippen LogP contribution is 2.14. The molecule has 1 saturated heterocycles. The maximum atomic E-state index is 10.8. The molecule has 1 unspecified atom stereocenters. The second-order valence-corrected chi connectivity index (χ2v) is 2.82. The van der Waals surface area contributed by atoms with Gasteiger partial charge in [0.15, 0.2) is 6.23 Å². The van der Waals surface area contributed by atoms with E-state index in [0.717, 1.165) is 0 Å². The first kappa shape index (κ1) is 6.55. The van der Waals surface area contributed by atoms with Crippen molar-refractivity contribution in [3.63, 3.8) is 0 Å². The van der Waals surface area contributed by atoms with Crippen molar-refractivity contribution in [1.82, 2.24) is 5.32 Å². The van der Waals surface area contributed by atoms with Crippen molar-refractivity contribution in [3.8, 4) is 0 Å².